The van der Waals surface area contributed by atoms with E-state index in [0.29, 0.717) is 22.8 Å². The molecule has 1 aromatic carbocycles. The second-order valence-corrected chi connectivity index (χ2v) is 5.68. The Hall–Kier alpha value is -1.49. The number of nitrogens with zero attached hydrogens (tertiary/aromatic N) is 2. The van der Waals surface area contributed by atoms with Gasteiger partial charge in [-0.05, 0) is 12.5 Å². The van der Waals surface area contributed by atoms with Gasteiger partial charge in [-0.1, -0.05) is 43.8 Å². The molecule has 0 bridgehead atoms. The maximum Gasteiger partial charge on any atom is 0.276 e. The summed E-state index contributed by atoms with van der Waals surface area (Å²) in [7, 11) is 1.66. The smallest absolute Gasteiger partial charge is 0.276 e. The van der Waals surface area contributed by atoms with Gasteiger partial charge in [0.2, 0.25) is 5.89 Å². The van der Waals surface area contributed by atoms with Crippen molar-refractivity contribution in [3.8, 4) is 5.75 Å². The highest BCUT2D eigenvalue weighted by molar-refractivity contribution is 7.99. The SMILES string of the molecule is CC[C@H](C)Sc1nnc(Cc2ccccc2OC)o1. The Morgan fingerprint density at radius 2 is 2.11 bits per heavy atom. The number of benzene rings is 1. The third-order valence-electron chi connectivity index (χ3n) is 2.86. The second kappa shape index (κ2) is 6.61. The van der Waals surface area contributed by atoms with E-state index in [1.165, 1.54) is 0 Å². The highest BCUT2D eigenvalue weighted by Crippen LogP contribution is 2.25. The van der Waals surface area contributed by atoms with Gasteiger partial charge in [0, 0.05) is 10.8 Å². The van der Waals surface area contributed by atoms with E-state index in [9.17, 15) is 0 Å². The minimum Gasteiger partial charge on any atom is -0.496 e. The summed E-state index contributed by atoms with van der Waals surface area (Å²) in [6, 6.07) is 7.86. The maximum absolute atomic E-state index is 5.64. The van der Waals surface area contributed by atoms with E-state index >= 15 is 0 Å². The lowest BCUT2D eigenvalue weighted by atomic mass is 10.1. The average molecular weight is 278 g/mol. The van der Waals surface area contributed by atoms with Gasteiger partial charge in [0.1, 0.15) is 5.75 Å². The molecule has 4 nitrogen and oxygen atoms in total. The molecule has 1 atom stereocenters. The molecule has 2 aromatic rings. The van der Waals surface area contributed by atoms with Crippen LogP contribution in [0.1, 0.15) is 31.7 Å². The number of rotatable bonds is 6. The number of aromatic nitrogens is 2. The molecule has 0 fully saturated rings. The minimum absolute atomic E-state index is 0.486. The van der Waals surface area contributed by atoms with E-state index in [4.69, 9.17) is 9.15 Å². The van der Waals surface area contributed by atoms with Gasteiger partial charge in [0.15, 0.2) is 0 Å². The number of ether oxygens (including phenoxy) is 1. The molecule has 0 aliphatic carbocycles. The average Bonchev–Trinajstić information content (AvgIpc) is 2.86. The molecule has 1 heterocycles. The highest BCUT2D eigenvalue weighted by Gasteiger charge is 2.12. The van der Waals surface area contributed by atoms with Crippen molar-refractivity contribution >= 4 is 11.8 Å². The van der Waals surface area contributed by atoms with Crippen molar-refractivity contribution in [3.63, 3.8) is 0 Å². The fraction of sp³-hybridized carbons (Fsp3) is 0.429. The van der Waals surface area contributed by atoms with Crippen LogP contribution >= 0.6 is 11.8 Å². The normalized spacial score (nSPS) is 12.4. The molecule has 1 aromatic heterocycles. The molecular formula is C14H18N2O2S. The Balaban J connectivity index is 2.07. The van der Waals surface area contributed by atoms with Crippen molar-refractivity contribution < 1.29 is 9.15 Å². The summed E-state index contributed by atoms with van der Waals surface area (Å²) in [6.45, 7) is 4.29. The number of hydrogen-bond acceptors (Lipinski definition) is 5. The van der Waals surface area contributed by atoms with Crippen LogP contribution in [0.3, 0.4) is 0 Å². The van der Waals surface area contributed by atoms with Gasteiger partial charge >= 0.3 is 0 Å². The Kier molecular flexibility index (Phi) is 4.85. The number of para-hydroxylation sites is 1. The lowest BCUT2D eigenvalue weighted by Gasteiger charge is -2.05. The summed E-state index contributed by atoms with van der Waals surface area (Å²) in [6.07, 6.45) is 1.67. The van der Waals surface area contributed by atoms with Crippen LogP contribution in [0.2, 0.25) is 0 Å². The maximum atomic E-state index is 5.64. The molecule has 0 aliphatic heterocycles. The molecular weight excluding hydrogens is 260 g/mol. The van der Waals surface area contributed by atoms with E-state index in [1.54, 1.807) is 18.9 Å². The van der Waals surface area contributed by atoms with E-state index in [-0.39, 0.29) is 0 Å². The predicted octanol–water partition coefficient (Wildman–Crippen LogP) is 3.56. The minimum atomic E-state index is 0.486. The van der Waals surface area contributed by atoms with Crippen molar-refractivity contribution in [2.75, 3.05) is 7.11 Å². The number of methoxy groups -OCH3 is 1. The number of thioether (sulfide) groups is 1. The third kappa shape index (κ3) is 3.73. The van der Waals surface area contributed by atoms with Gasteiger partial charge < -0.3 is 9.15 Å². The Morgan fingerprint density at radius 3 is 2.84 bits per heavy atom. The van der Waals surface area contributed by atoms with E-state index < -0.39 is 0 Å². The summed E-state index contributed by atoms with van der Waals surface area (Å²) in [5.74, 6) is 1.46. The highest BCUT2D eigenvalue weighted by atomic mass is 32.2. The summed E-state index contributed by atoms with van der Waals surface area (Å²) in [5, 5.41) is 9.27. The first-order chi connectivity index (χ1) is 9.22. The van der Waals surface area contributed by atoms with Crippen LogP contribution in [0.5, 0.6) is 5.75 Å². The molecule has 0 saturated heterocycles. The van der Waals surface area contributed by atoms with E-state index in [2.05, 4.69) is 24.0 Å². The molecule has 0 spiro atoms. The van der Waals surface area contributed by atoms with Crippen LogP contribution in [0.15, 0.2) is 33.9 Å². The van der Waals surface area contributed by atoms with Gasteiger partial charge in [-0.25, -0.2) is 0 Å². The molecule has 102 valence electrons. The first-order valence-electron chi connectivity index (χ1n) is 6.33. The van der Waals surface area contributed by atoms with Crippen LogP contribution in [-0.4, -0.2) is 22.6 Å². The fourth-order valence-corrected chi connectivity index (χ4v) is 2.37. The van der Waals surface area contributed by atoms with Gasteiger partial charge in [0.05, 0.1) is 13.5 Å². The van der Waals surface area contributed by atoms with Crippen LogP contribution in [0.4, 0.5) is 0 Å². The predicted molar refractivity (Wildman–Crippen MR) is 75.7 cm³/mol. The van der Waals surface area contributed by atoms with Gasteiger partial charge in [-0.15, -0.1) is 10.2 Å². The Morgan fingerprint density at radius 1 is 1.32 bits per heavy atom. The molecule has 5 heteroatoms. The van der Waals surface area contributed by atoms with E-state index in [1.807, 2.05) is 24.3 Å². The first kappa shape index (κ1) is 13.9. The topological polar surface area (TPSA) is 48.2 Å². The molecule has 19 heavy (non-hydrogen) atoms. The summed E-state index contributed by atoms with van der Waals surface area (Å²) in [5.41, 5.74) is 1.05. The van der Waals surface area contributed by atoms with E-state index in [0.717, 1.165) is 17.7 Å². The zero-order valence-electron chi connectivity index (χ0n) is 11.4. The quantitative estimate of drug-likeness (QED) is 0.756. The zero-order valence-corrected chi connectivity index (χ0v) is 12.2. The molecule has 2 rings (SSSR count). The summed E-state index contributed by atoms with van der Waals surface area (Å²) >= 11 is 1.61. The summed E-state index contributed by atoms with van der Waals surface area (Å²) in [4.78, 5) is 0. The lowest BCUT2D eigenvalue weighted by Crippen LogP contribution is -1.93. The molecule has 0 unspecified atom stereocenters. The van der Waals surface area contributed by atoms with Crippen molar-refractivity contribution in [1.29, 1.82) is 0 Å². The largest absolute Gasteiger partial charge is 0.496 e. The molecule has 0 radical (unpaired) electrons. The van der Waals surface area contributed by atoms with Gasteiger partial charge in [-0.3, -0.25) is 0 Å². The van der Waals surface area contributed by atoms with Crippen molar-refractivity contribution in [3.05, 3.63) is 35.7 Å². The van der Waals surface area contributed by atoms with Crippen molar-refractivity contribution in [2.45, 2.75) is 37.2 Å². The zero-order chi connectivity index (χ0) is 13.7. The second-order valence-electron chi connectivity index (χ2n) is 4.29. The molecule has 0 aliphatic rings. The molecule has 0 saturated carbocycles. The monoisotopic (exact) mass is 278 g/mol. The van der Waals surface area contributed by atoms with Crippen molar-refractivity contribution in [1.82, 2.24) is 10.2 Å². The standard InChI is InChI=1S/C14H18N2O2S/c1-4-10(2)19-14-16-15-13(18-14)9-11-7-5-6-8-12(11)17-3/h5-8,10H,4,9H2,1-3H3/t10-/m0/s1. The summed E-state index contributed by atoms with van der Waals surface area (Å²) < 4.78 is 11.0. The van der Waals surface area contributed by atoms with Crippen LogP contribution in [-0.2, 0) is 6.42 Å². The Bertz CT molecular complexity index is 528. The van der Waals surface area contributed by atoms with Gasteiger partial charge in [0.25, 0.3) is 5.22 Å². The fourth-order valence-electron chi connectivity index (χ4n) is 1.62. The lowest BCUT2D eigenvalue weighted by molar-refractivity contribution is 0.400. The first-order valence-corrected chi connectivity index (χ1v) is 7.21. The van der Waals surface area contributed by atoms with Gasteiger partial charge in [-0.2, -0.15) is 0 Å². The van der Waals surface area contributed by atoms with Crippen molar-refractivity contribution in [2.24, 2.45) is 0 Å². The Labute approximate surface area is 117 Å². The molecule has 0 amide bonds. The van der Waals surface area contributed by atoms with Crippen LogP contribution < -0.4 is 4.74 Å². The number of hydrogen-bond donors (Lipinski definition) is 0. The molecule has 0 N–H and O–H groups in total. The van der Waals surface area contributed by atoms with Crippen LogP contribution in [0.25, 0.3) is 0 Å². The van der Waals surface area contributed by atoms with Crippen LogP contribution in [0, 0.1) is 0 Å². The third-order valence-corrected chi connectivity index (χ3v) is 3.96.